The van der Waals surface area contributed by atoms with Crippen LogP contribution in [0.4, 0.5) is 0 Å². The number of carbonyl (C=O) groups excluding carboxylic acids is 1. The fraction of sp³-hybridized carbons (Fsp3) is 0.550. The number of hydrogen-bond acceptors (Lipinski definition) is 2. The van der Waals surface area contributed by atoms with Crippen LogP contribution in [-0.4, -0.2) is 12.6 Å². The molecule has 0 aliphatic heterocycles. The van der Waals surface area contributed by atoms with Gasteiger partial charge in [-0.05, 0) is 18.1 Å². The van der Waals surface area contributed by atoms with Crippen LogP contribution >= 0.6 is 0 Å². The SMILES string of the molecule is CCCCCCCCCCCOC(=O)C=Cc1ccccc1. The first kappa shape index (κ1) is 18.5. The summed E-state index contributed by atoms with van der Waals surface area (Å²) in [4.78, 5) is 11.5. The number of rotatable bonds is 12. The van der Waals surface area contributed by atoms with Crippen molar-refractivity contribution in [2.75, 3.05) is 6.61 Å². The van der Waals surface area contributed by atoms with E-state index in [-0.39, 0.29) is 5.97 Å². The van der Waals surface area contributed by atoms with Gasteiger partial charge in [0.25, 0.3) is 0 Å². The van der Waals surface area contributed by atoms with Gasteiger partial charge in [-0.2, -0.15) is 0 Å². The number of esters is 1. The van der Waals surface area contributed by atoms with Gasteiger partial charge in [0, 0.05) is 6.08 Å². The highest BCUT2D eigenvalue weighted by molar-refractivity contribution is 5.86. The molecule has 0 spiro atoms. The van der Waals surface area contributed by atoms with Gasteiger partial charge in [-0.3, -0.25) is 0 Å². The molecule has 122 valence electrons. The third-order valence-corrected chi connectivity index (χ3v) is 3.70. The van der Waals surface area contributed by atoms with E-state index in [1.54, 1.807) is 6.08 Å². The molecule has 22 heavy (non-hydrogen) atoms. The molecule has 0 atom stereocenters. The van der Waals surface area contributed by atoms with Crippen molar-refractivity contribution in [3.8, 4) is 0 Å². The van der Waals surface area contributed by atoms with Crippen LogP contribution < -0.4 is 0 Å². The Balaban J connectivity index is 1.94. The smallest absolute Gasteiger partial charge is 0.330 e. The standard InChI is InChI=1S/C20H30O2/c1-2-3-4-5-6-7-8-9-13-18-22-20(21)17-16-19-14-11-10-12-15-19/h10-12,14-17H,2-9,13,18H2,1H3. The van der Waals surface area contributed by atoms with Crippen LogP contribution in [0.1, 0.15) is 70.3 Å². The van der Waals surface area contributed by atoms with Gasteiger partial charge in [0.05, 0.1) is 6.61 Å². The lowest BCUT2D eigenvalue weighted by molar-refractivity contribution is -0.137. The zero-order valence-corrected chi connectivity index (χ0v) is 13.9. The number of benzene rings is 1. The molecule has 0 fully saturated rings. The zero-order valence-electron chi connectivity index (χ0n) is 13.9. The second kappa shape index (κ2) is 13.1. The van der Waals surface area contributed by atoms with Crippen LogP contribution in [0.5, 0.6) is 0 Å². The molecule has 1 aromatic carbocycles. The maximum atomic E-state index is 11.5. The molecule has 0 aromatic heterocycles. The van der Waals surface area contributed by atoms with Crippen LogP contribution in [0.2, 0.25) is 0 Å². The van der Waals surface area contributed by atoms with Crippen molar-refractivity contribution < 1.29 is 9.53 Å². The molecule has 0 bridgehead atoms. The summed E-state index contributed by atoms with van der Waals surface area (Å²) in [6.07, 6.45) is 14.8. The Bertz CT molecular complexity index is 409. The van der Waals surface area contributed by atoms with E-state index in [4.69, 9.17) is 4.74 Å². The molecule has 1 rings (SSSR count). The minimum Gasteiger partial charge on any atom is -0.463 e. The van der Waals surface area contributed by atoms with Crippen molar-refractivity contribution in [2.24, 2.45) is 0 Å². The summed E-state index contributed by atoms with van der Waals surface area (Å²) in [5, 5.41) is 0. The zero-order chi connectivity index (χ0) is 15.9. The molecule has 0 saturated heterocycles. The minimum absolute atomic E-state index is 0.247. The van der Waals surface area contributed by atoms with Crippen molar-refractivity contribution in [3.63, 3.8) is 0 Å². The summed E-state index contributed by atoms with van der Waals surface area (Å²) in [6, 6.07) is 9.79. The molecular weight excluding hydrogens is 272 g/mol. The Labute approximate surface area is 135 Å². The van der Waals surface area contributed by atoms with Gasteiger partial charge in [-0.25, -0.2) is 4.79 Å². The quantitative estimate of drug-likeness (QED) is 0.278. The van der Waals surface area contributed by atoms with E-state index in [0.717, 1.165) is 18.4 Å². The Kier molecular flexibility index (Phi) is 11.0. The van der Waals surface area contributed by atoms with Crippen LogP contribution in [0.15, 0.2) is 36.4 Å². The van der Waals surface area contributed by atoms with Crippen molar-refractivity contribution in [1.82, 2.24) is 0 Å². The van der Waals surface area contributed by atoms with Gasteiger partial charge >= 0.3 is 5.97 Å². The third-order valence-electron chi connectivity index (χ3n) is 3.70. The van der Waals surface area contributed by atoms with Gasteiger partial charge in [-0.15, -0.1) is 0 Å². The van der Waals surface area contributed by atoms with Crippen molar-refractivity contribution >= 4 is 12.0 Å². The molecule has 0 radical (unpaired) electrons. The first-order chi connectivity index (χ1) is 10.8. The second-order valence-corrected chi connectivity index (χ2v) is 5.74. The predicted octanol–water partition coefficient (Wildman–Crippen LogP) is 5.77. The van der Waals surface area contributed by atoms with Crippen LogP contribution in [0.3, 0.4) is 0 Å². The maximum Gasteiger partial charge on any atom is 0.330 e. The number of unbranched alkanes of at least 4 members (excludes halogenated alkanes) is 8. The highest BCUT2D eigenvalue weighted by Gasteiger charge is 1.97. The average molecular weight is 302 g/mol. The third kappa shape index (κ3) is 10.2. The van der Waals surface area contributed by atoms with Crippen molar-refractivity contribution in [1.29, 1.82) is 0 Å². The molecular formula is C20H30O2. The van der Waals surface area contributed by atoms with E-state index < -0.39 is 0 Å². The normalized spacial score (nSPS) is 11.0. The maximum absolute atomic E-state index is 11.5. The van der Waals surface area contributed by atoms with Crippen molar-refractivity contribution in [2.45, 2.75) is 64.7 Å². The second-order valence-electron chi connectivity index (χ2n) is 5.74. The van der Waals surface area contributed by atoms with E-state index in [9.17, 15) is 4.79 Å². The first-order valence-corrected chi connectivity index (χ1v) is 8.73. The highest BCUT2D eigenvalue weighted by atomic mass is 16.5. The highest BCUT2D eigenvalue weighted by Crippen LogP contribution is 2.09. The lowest BCUT2D eigenvalue weighted by Crippen LogP contribution is -2.02. The fourth-order valence-corrected chi connectivity index (χ4v) is 2.36. The molecule has 0 saturated carbocycles. The van der Waals surface area contributed by atoms with Crippen LogP contribution in [0, 0.1) is 0 Å². The van der Waals surface area contributed by atoms with E-state index in [1.165, 1.54) is 51.0 Å². The van der Waals surface area contributed by atoms with E-state index in [0.29, 0.717) is 6.61 Å². The van der Waals surface area contributed by atoms with Gasteiger partial charge in [0.2, 0.25) is 0 Å². The van der Waals surface area contributed by atoms with Gasteiger partial charge in [0.15, 0.2) is 0 Å². The van der Waals surface area contributed by atoms with Crippen LogP contribution in [-0.2, 0) is 9.53 Å². The van der Waals surface area contributed by atoms with Gasteiger partial charge < -0.3 is 4.74 Å². The van der Waals surface area contributed by atoms with Crippen LogP contribution in [0.25, 0.3) is 6.08 Å². The topological polar surface area (TPSA) is 26.3 Å². The molecule has 0 N–H and O–H groups in total. The minimum atomic E-state index is -0.247. The monoisotopic (exact) mass is 302 g/mol. The molecule has 0 aliphatic carbocycles. The summed E-state index contributed by atoms with van der Waals surface area (Å²) in [7, 11) is 0. The van der Waals surface area contributed by atoms with E-state index in [1.807, 2.05) is 30.3 Å². The van der Waals surface area contributed by atoms with Crippen molar-refractivity contribution in [3.05, 3.63) is 42.0 Å². The molecule has 0 unspecified atom stereocenters. The molecule has 0 heterocycles. The molecule has 0 amide bonds. The lowest BCUT2D eigenvalue weighted by atomic mass is 10.1. The summed E-state index contributed by atoms with van der Waals surface area (Å²) in [6.45, 7) is 2.78. The summed E-state index contributed by atoms with van der Waals surface area (Å²) >= 11 is 0. The van der Waals surface area contributed by atoms with Gasteiger partial charge in [0.1, 0.15) is 0 Å². The molecule has 0 aliphatic rings. The summed E-state index contributed by atoms with van der Waals surface area (Å²) in [5.41, 5.74) is 1.02. The van der Waals surface area contributed by atoms with E-state index in [2.05, 4.69) is 6.92 Å². The Morgan fingerprint density at radius 3 is 2.14 bits per heavy atom. The van der Waals surface area contributed by atoms with Gasteiger partial charge in [-0.1, -0.05) is 88.6 Å². The largest absolute Gasteiger partial charge is 0.463 e. The number of hydrogen-bond donors (Lipinski definition) is 0. The molecule has 2 heteroatoms. The fourth-order valence-electron chi connectivity index (χ4n) is 2.36. The Morgan fingerprint density at radius 2 is 1.50 bits per heavy atom. The average Bonchev–Trinajstić information content (AvgIpc) is 2.55. The summed E-state index contributed by atoms with van der Waals surface area (Å²) < 4.78 is 5.20. The summed E-state index contributed by atoms with van der Waals surface area (Å²) in [5.74, 6) is -0.247. The van der Waals surface area contributed by atoms with E-state index >= 15 is 0 Å². The first-order valence-electron chi connectivity index (χ1n) is 8.73. The lowest BCUT2D eigenvalue weighted by Gasteiger charge is -2.03. The molecule has 1 aromatic rings. The number of ether oxygens (including phenoxy) is 1. The predicted molar refractivity (Wildman–Crippen MR) is 93.7 cm³/mol. The Morgan fingerprint density at radius 1 is 0.909 bits per heavy atom. The molecule has 2 nitrogen and oxygen atoms in total. The Hall–Kier alpha value is -1.57. The number of carbonyl (C=O) groups is 1.